The number of carbonyl (C=O) groups is 1. The van der Waals surface area contributed by atoms with Crippen LogP contribution in [0.5, 0.6) is 0 Å². The first kappa shape index (κ1) is 15.0. The maximum Gasteiger partial charge on any atom is 0.224 e. The molecule has 3 rings (SSSR count). The average molecular weight is 345 g/mol. The van der Waals surface area contributed by atoms with E-state index in [1.807, 2.05) is 0 Å². The van der Waals surface area contributed by atoms with Crippen molar-refractivity contribution in [3.8, 4) is 0 Å². The van der Waals surface area contributed by atoms with Gasteiger partial charge in [0.1, 0.15) is 11.4 Å². The zero-order valence-corrected chi connectivity index (χ0v) is 13.5. The van der Waals surface area contributed by atoms with Gasteiger partial charge in [-0.05, 0) is 37.9 Å². The fraction of sp³-hybridized carbons (Fsp3) is 0.462. The van der Waals surface area contributed by atoms with Crippen LogP contribution in [0.25, 0.3) is 0 Å². The Hall–Kier alpha value is -0.950. The van der Waals surface area contributed by atoms with E-state index in [4.69, 9.17) is 23.2 Å². The van der Waals surface area contributed by atoms with Crippen LogP contribution in [0.4, 0.5) is 17.1 Å². The molecule has 8 heteroatoms. The van der Waals surface area contributed by atoms with Crippen molar-refractivity contribution in [2.45, 2.75) is 19.3 Å². The SMILES string of the molecule is O=C(CCC1CCNC1)Nc1c(Cl)cc(Cl)c2c1N=S=N2. The Bertz CT molecular complexity index is 652. The summed E-state index contributed by atoms with van der Waals surface area (Å²) in [6.45, 7) is 2.04. The molecule has 0 bridgehead atoms. The van der Waals surface area contributed by atoms with Gasteiger partial charge in [0.15, 0.2) is 0 Å². The van der Waals surface area contributed by atoms with Crippen LogP contribution in [0.3, 0.4) is 0 Å². The van der Waals surface area contributed by atoms with E-state index in [0.29, 0.717) is 39.4 Å². The minimum atomic E-state index is -0.0552. The third kappa shape index (κ3) is 3.29. The van der Waals surface area contributed by atoms with E-state index in [2.05, 4.69) is 19.4 Å². The van der Waals surface area contributed by atoms with E-state index in [0.717, 1.165) is 37.3 Å². The van der Waals surface area contributed by atoms with Crippen LogP contribution in [0.1, 0.15) is 19.3 Å². The third-order valence-electron chi connectivity index (χ3n) is 3.65. The summed E-state index contributed by atoms with van der Waals surface area (Å²) in [4.78, 5) is 12.1. The quantitative estimate of drug-likeness (QED) is 0.878. The highest BCUT2D eigenvalue weighted by molar-refractivity contribution is 7.58. The van der Waals surface area contributed by atoms with Gasteiger partial charge < -0.3 is 10.6 Å². The van der Waals surface area contributed by atoms with Gasteiger partial charge >= 0.3 is 0 Å². The molecule has 1 aromatic carbocycles. The second kappa shape index (κ2) is 6.44. The zero-order valence-electron chi connectivity index (χ0n) is 11.2. The smallest absolute Gasteiger partial charge is 0.224 e. The van der Waals surface area contributed by atoms with E-state index in [1.54, 1.807) is 6.07 Å². The van der Waals surface area contributed by atoms with E-state index >= 15 is 0 Å². The Morgan fingerprint density at radius 2 is 2.19 bits per heavy atom. The number of carbonyl (C=O) groups excluding carboxylic acids is 1. The summed E-state index contributed by atoms with van der Waals surface area (Å²) < 4.78 is 8.28. The second-order valence-electron chi connectivity index (χ2n) is 5.12. The van der Waals surface area contributed by atoms with Gasteiger partial charge in [0.2, 0.25) is 5.91 Å². The van der Waals surface area contributed by atoms with Gasteiger partial charge in [-0.2, -0.15) is 8.73 Å². The van der Waals surface area contributed by atoms with E-state index in [9.17, 15) is 4.79 Å². The highest BCUT2D eigenvalue weighted by Crippen LogP contribution is 2.47. The summed E-state index contributed by atoms with van der Waals surface area (Å²) in [5.41, 5.74) is 1.62. The van der Waals surface area contributed by atoms with E-state index in [-0.39, 0.29) is 5.91 Å². The zero-order chi connectivity index (χ0) is 14.8. The molecule has 1 amide bonds. The molecule has 1 atom stereocenters. The Labute approximate surface area is 136 Å². The molecule has 5 nitrogen and oxygen atoms in total. The molecule has 1 aromatic rings. The van der Waals surface area contributed by atoms with Gasteiger partial charge in [0.05, 0.1) is 27.1 Å². The number of halogens is 2. The minimum Gasteiger partial charge on any atom is -0.323 e. The number of hydrogen-bond acceptors (Lipinski definition) is 4. The van der Waals surface area contributed by atoms with E-state index < -0.39 is 0 Å². The third-order valence-corrected chi connectivity index (χ3v) is 4.76. The second-order valence-corrected chi connectivity index (χ2v) is 6.47. The minimum absolute atomic E-state index is 0.0552. The molecular weight excluding hydrogens is 331 g/mol. The molecule has 21 heavy (non-hydrogen) atoms. The Kier molecular flexibility index (Phi) is 4.59. The molecule has 1 fully saturated rings. The molecule has 0 aliphatic carbocycles. The van der Waals surface area contributed by atoms with Gasteiger partial charge in [-0.25, -0.2) is 0 Å². The predicted molar refractivity (Wildman–Crippen MR) is 86.8 cm³/mol. The molecule has 1 unspecified atom stereocenters. The molecular formula is C13H14Cl2N4OS. The van der Waals surface area contributed by atoms with Crippen LogP contribution in [0, 0.1) is 5.92 Å². The molecule has 2 heterocycles. The van der Waals surface area contributed by atoms with Gasteiger partial charge in [-0.15, -0.1) is 0 Å². The van der Waals surface area contributed by atoms with Crippen molar-refractivity contribution in [3.05, 3.63) is 16.1 Å². The Balaban J connectivity index is 1.69. The summed E-state index contributed by atoms with van der Waals surface area (Å²) in [6, 6.07) is 1.59. The molecule has 112 valence electrons. The topological polar surface area (TPSA) is 65.8 Å². The number of nitrogens with one attached hydrogen (secondary N) is 2. The van der Waals surface area contributed by atoms with E-state index in [1.165, 1.54) is 0 Å². The van der Waals surface area contributed by atoms with Crippen molar-refractivity contribution < 1.29 is 4.79 Å². The number of hydrogen-bond donors (Lipinski definition) is 2. The first-order chi connectivity index (χ1) is 10.1. The van der Waals surface area contributed by atoms with Crippen LogP contribution in [-0.4, -0.2) is 19.0 Å². The van der Waals surface area contributed by atoms with Crippen LogP contribution in [0.15, 0.2) is 14.8 Å². The molecule has 2 aliphatic rings. The highest BCUT2D eigenvalue weighted by atomic mass is 35.5. The number of benzene rings is 1. The average Bonchev–Trinajstić information content (AvgIpc) is 3.12. The first-order valence-corrected chi connectivity index (χ1v) is 8.24. The van der Waals surface area contributed by atoms with Gasteiger partial charge in [0.25, 0.3) is 0 Å². The molecule has 0 spiro atoms. The fourth-order valence-electron chi connectivity index (χ4n) is 2.49. The molecule has 0 aromatic heterocycles. The lowest BCUT2D eigenvalue weighted by Gasteiger charge is -2.12. The first-order valence-electron chi connectivity index (χ1n) is 6.76. The Morgan fingerprint density at radius 1 is 1.38 bits per heavy atom. The molecule has 0 saturated carbocycles. The van der Waals surface area contributed by atoms with Gasteiger partial charge in [0, 0.05) is 6.42 Å². The van der Waals surface area contributed by atoms with Crippen LogP contribution < -0.4 is 10.6 Å². The monoisotopic (exact) mass is 344 g/mol. The van der Waals surface area contributed by atoms with Crippen molar-refractivity contribution >= 4 is 57.5 Å². The number of nitrogens with zero attached hydrogens (tertiary/aromatic N) is 2. The lowest BCUT2D eigenvalue weighted by atomic mass is 10.0. The van der Waals surface area contributed by atoms with Gasteiger partial charge in [-0.1, -0.05) is 23.2 Å². The van der Waals surface area contributed by atoms with Crippen molar-refractivity contribution in [2.24, 2.45) is 14.6 Å². The molecule has 2 aliphatic heterocycles. The predicted octanol–water partition coefficient (Wildman–Crippen LogP) is 4.05. The maximum absolute atomic E-state index is 12.1. The maximum atomic E-state index is 12.1. The lowest BCUT2D eigenvalue weighted by Crippen LogP contribution is -2.15. The fourth-order valence-corrected chi connectivity index (χ4v) is 3.65. The lowest BCUT2D eigenvalue weighted by molar-refractivity contribution is -0.116. The van der Waals surface area contributed by atoms with Crippen LogP contribution >= 0.6 is 23.2 Å². The van der Waals surface area contributed by atoms with Crippen LogP contribution in [0.2, 0.25) is 10.0 Å². The number of amides is 1. The molecule has 1 saturated heterocycles. The number of rotatable bonds is 4. The standard InChI is InChI=1S/C13H14Cl2N4OS/c14-8-5-9(15)12-13(19-21-18-12)11(8)17-10(20)2-1-7-3-4-16-6-7/h5,7,16H,1-4,6H2,(H,17,20). The normalized spacial score (nSPS) is 19.4. The van der Waals surface area contributed by atoms with Crippen molar-refractivity contribution in [1.82, 2.24) is 5.32 Å². The number of fused-ring (bicyclic) bond motifs is 1. The van der Waals surface area contributed by atoms with Crippen LogP contribution in [-0.2, 0) is 16.1 Å². The van der Waals surface area contributed by atoms with Crippen molar-refractivity contribution in [3.63, 3.8) is 0 Å². The van der Waals surface area contributed by atoms with Crippen molar-refractivity contribution in [2.75, 3.05) is 18.4 Å². The summed E-state index contributed by atoms with van der Waals surface area (Å²) in [5, 5.41) is 6.97. The summed E-state index contributed by atoms with van der Waals surface area (Å²) in [5.74, 6) is 0.526. The summed E-state index contributed by atoms with van der Waals surface area (Å²) >= 11 is 13.3. The largest absolute Gasteiger partial charge is 0.323 e. The highest BCUT2D eigenvalue weighted by Gasteiger charge is 2.21. The Morgan fingerprint density at radius 3 is 2.95 bits per heavy atom. The summed E-state index contributed by atoms with van der Waals surface area (Å²) in [7, 11) is 0. The van der Waals surface area contributed by atoms with Gasteiger partial charge in [-0.3, -0.25) is 4.79 Å². The summed E-state index contributed by atoms with van der Waals surface area (Å²) in [6.07, 6.45) is 2.49. The molecule has 2 N–H and O–H groups in total. The van der Waals surface area contributed by atoms with Crippen molar-refractivity contribution in [1.29, 1.82) is 0 Å². The number of anilines is 1. The molecule has 0 radical (unpaired) electrons.